The second-order valence-electron chi connectivity index (χ2n) is 5.17. The van der Waals surface area contributed by atoms with Gasteiger partial charge in [0.15, 0.2) is 0 Å². The molecule has 17 heavy (non-hydrogen) atoms. The van der Waals surface area contributed by atoms with Gasteiger partial charge in [0.05, 0.1) is 6.54 Å². The van der Waals surface area contributed by atoms with Crippen LogP contribution in [0.2, 0.25) is 0 Å². The van der Waals surface area contributed by atoms with Crippen LogP contribution >= 0.6 is 11.3 Å². The quantitative estimate of drug-likeness (QED) is 0.839. The van der Waals surface area contributed by atoms with Gasteiger partial charge in [-0.2, -0.15) is 0 Å². The van der Waals surface area contributed by atoms with Crippen molar-refractivity contribution < 1.29 is 9.90 Å². The highest BCUT2D eigenvalue weighted by Crippen LogP contribution is 2.46. The van der Waals surface area contributed by atoms with Crippen LogP contribution in [0.15, 0.2) is 17.5 Å². The normalized spacial score (nSPS) is 23.1. The van der Waals surface area contributed by atoms with E-state index in [4.69, 9.17) is 0 Å². The smallest absolute Gasteiger partial charge is 0.223 e. The average molecular weight is 251 g/mol. The first-order valence-corrected chi connectivity index (χ1v) is 7.12. The molecule has 3 rings (SSSR count). The number of hydrogen-bond donors (Lipinski definition) is 2. The van der Waals surface area contributed by atoms with Gasteiger partial charge in [-0.05, 0) is 43.0 Å². The highest BCUT2D eigenvalue weighted by molar-refractivity contribution is 7.10. The molecule has 0 radical (unpaired) electrons. The maximum atomic E-state index is 11.6. The van der Waals surface area contributed by atoms with E-state index in [-0.39, 0.29) is 11.8 Å². The molecule has 1 aromatic rings. The molecule has 1 aromatic heterocycles. The first-order valence-electron chi connectivity index (χ1n) is 6.24. The molecule has 2 aliphatic rings. The zero-order valence-corrected chi connectivity index (χ0v) is 10.5. The zero-order chi connectivity index (χ0) is 11.9. The van der Waals surface area contributed by atoms with E-state index >= 15 is 0 Å². The summed E-state index contributed by atoms with van der Waals surface area (Å²) in [6.45, 7) is 0.369. The minimum absolute atomic E-state index is 0.112. The van der Waals surface area contributed by atoms with E-state index in [1.807, 2.05) is 17.5 Å². The molecular formula is C13H17NO2S. The third kappa shape index (κ3) is 2.24. The van der Waals surface area contributed by atoms with Crippen molar-refractivity contribution >= 4 is 17.2 Å². The number of hydrogen-bond acceptors (Lipinski definition) is 3. The molecule has 0 aromatic carbocycles. The molecule has 0 spiro atoms. The SMILES string of the molecule is O=C(NCC(O)(c1cccs1)C1CC1)C1CC1. The maximum absolute atomic E-state index is 11.6. The number of amides is 1. The van der Waals surface area contributed by atoms with Gasteiger partial charge < -0.3 is 10.4 Å². The van der Waals surface area contributed by atoms with E-state index in [1.165, 1.54) is 0 Å². The minimum Gasteiger partial charge on any atom is -0.382 e. The van der Waals surface area contributed by atoms with Crippen molar-refractivity contribution in [1.82, 2.24) is 5.32 Å². The average Bonchev–Trinajstić information content (AvgIpc) is 3.23. The van der Waals surface area contributed by atoms with Crippen LogP contribution in [0.1, 0.15) is 30.6 Å². The topological polar surface area (TPSA) is 49.3 Å². The predicted octanol–water partition coefficient (Wildman–Crippen LogP) is 1.87. The van der Waals surface area contributed by atoms with Crippen LogP contribution in [0.5, 0.6) is 0 Å². The van der Waals surface area contributed by atoms with Gasteiger partial charge in [-0.25, -0.2) is 0 Å². The first kappa shape index (κ1) is 11.2. The molecule has 1 heterocycles. The van der Waals surface area contributed by atoms with Crippen molar-refractivity contribution in [3.8, 4) is 0 Å². The third-order valence-corrected chi connectivity index (χ3v) is 4.72. The van der Waals surface area contributed by atoms with Crippen LogP contribution in [0.25, 0.3) is 0 Å². The van der Waals surface area contributed by atoms with Gasteiger partial charge in [0, 0.05) is 10.8 Å². The van der Waals surface area contributed by atoms with Crippen molar-refractivity contribution in [3.63, 3.8) is 0 Å². The first-order chi connectivity index (χ1) is 8.20. The molecule has 1 atom stereocenters. The molecule has 2 saturated carbocycles. The molecular weight excluding hydrogens is 234 g/mol. The molecule has 0 bridgehead atoms. The molecule has 4 heteroatoms. The molecule has 0 aliphatic heterocycles. The Morgan fingerprint density at radius 3 is 2.76 bits per heavy atom. The Balaban J connectivity index is 1.69. The molecule has 1 unspecified atom stereocenters. The van der Waals surface area contributed by atoms with Crippen LogP contribution < -0.4 is 5.32 Å². The fourth-order valence-electron chi connectivity index (χ4n) is 2.23. The van der Waals surface area contributed by atoms with Crippen LogP contribution in [0, 0.1) is 11.8 Å². The lowest BCUT2D eigenvalue weighted by atomic mass is 9.95. The van der Waals surface area contributed by atoms with Crippen molar-refractivity contribution in [2.45, 2.75) is 31.3 Å². The van der Waals surface area contributed by atoms with E-state index in [1.54, 1.807) is 11.3 Å². The largest absolute Gasteiger partial charge is 0.382 e. The maximum Gasteiger partial charge on any atom is 0.223 e. The van der Waals surface area contributed by atoms with Crippen LogP contribution in [0.4, 0.5) is 0 Å². The van der Waals surface area contributed by atoms with Gasteiger partial charge >= 0.3 is 0 Å². The van der Waals surface area contributed by atoms with E-state index in [2.05, 4.69) is 5.32 Å². The van der Waals surface area contributed by atoms with Crippen molar-refractivity contribution in [2.24, 2.45) is 11.8 Å². The molecule has 3 nitrogen and oxygen atoms in total. The molecule has 1 amide bonds. The standard InChI is InChI=1S/C13H17NO2S/c15-12(9-3-4-9)14-8-13(16,10-5-6-10)11-2-1-7-17-11/h1-2,7,9-10,16H,3-6,8H2,(H,14,15). The molecule has 0 saturated heterocycles. The Kier molecular flexibility index (Phi) is 2.71. The lowest BCUT2D eigenvalue weighted by Gasteiger charge is -2.27. The molecule has 92 valence electrons. The summed E-state index contributed by atoms with van der Waals surface area (Å²) in [4.78, 5) is 12.6. The van der Waals surface area contributed by atoms with E-state index in [0.29, 0.717) is 12.5 Å². The fraction of sp³-hybridized carbons (Fsp3) is 0.615. The third-order valence-electron chi connectivity index (χ3n) is 3.68. The number of nitrogens with one attached hydrogen (secondary N) is 1. The number of carbonyl (C=O) groups excluding carboxylic acids is 1. The summed E-state index contributed by atoms with van der Waals surface area (Å²) in [5.74, 6) is 0.642. The molecule has 2 aliphatic carbocycles. The highest BCUT2D eigenvalue weighted by Gasteiger charge is 2.46. The van der Waals surface area contributed by atoms with Gasteiger partial charge in [0.1, 0.15) is 5.60 Å². The summed E-state index contributed by atoms with van der Waals surface area (Å²) >= 11 is 1.57. The highest BCUT2D eigenvalue weighted by atomic mass is 32.1. The lowest BCUT2D eigenvalue weighted by Crippen LogP contribution is -2.42. The Morgan fingerprint density at radius 1 is 1.47 bits per heavy atom. The predicted molar refractivity (Wildman–Crippen MR) is 66.7 cm³/mol. The Morgan fingerprint density at radius 2 is 2.24 bits per heavy atom. The fourth-order valence-corrected chi connectivity index (χ4v) is 3.13. The summed E-state index contributed by atoms with van der Waals surface area (Å²) in [6.07, 6.45) is 4.14. The van der Waals surface area contributed by atoms with Gasteiger partial charge in [-0.1, -0.05) is 6.07 Å². The van der Waals surface area contributed by atoms with Crippen LogP contribution in [-0.4, -0.2) is 17.6 Å². The number of carbonyl (C=O) groups is 1. The number of aliphatic hydroxyl groups is 1. The van der Waals surface area contributed by atoms with Crippen LogP contribution in [0.3, 0.4) is 0 Å². The Hall–Kier alpha value is -0.870. The summed E-state index contributed by atoms with van der Waals surface area (Å²) < 4.78 is 0. The summed E-state index contributed by atoms with van der Waals surface area (Å²) in [5.41, 5.74) is -0.835. The summed E-state index contributed by atoms with van der Waals surface area (Å²) in [7, 11) is 0. The minimum atomic E-state index is -0.835. The second-order valence-corrected chi connectivity index (χ2v) is 6.12. The van der Waals surface area contributed by atoms with E-state index in [0.717, 1.165) is 30.6 Å². The van der Waals surface area contributed by atoms with Crippen LogP contribution in [-0.2, 0) is 10.4 Å². The zero-order valence-electron chi connectivity index (χ0n) is 9.69. The van der Waals surface area contributed by atoms with E-state index in [9.17, 15) is 9.90 Å². The van der Waals surface area contributed by atoms with Gasteiger partial charge in [-0.15, -0.1) is 11.3 Å². The van der Waals surface area contributed by atoms with E-state index < -0.39 is 5.60 Å². The van der Waals surface area contributed by atoms with Gasteiger partial charge in [0.2, 0.25) is 5.91 Å². The number of thiophene rings is 1. The Bertz CT molecular complexity index is 409. The second kappa shape index (κ2) is 4.10. The van der Waals surface area contributed by atoms with Crippen molar-refractivity contribution in [3.05, 3.63) is 22.4 Å². The lowest BCUT2D eigenvalue weighted by molar-refractivity contribution is -0.123. The summed E-state index contributed by atoms with van der Waals surface area (Å²) in [5, 5.41) is 15.6. The van der Waals surface area contributed by atoms with Gasteiger partial charge in [-0.3, -0.25) is 4.79 Å². The monoisotopic (exact) mass is 251 g/mol. The number of rotatable bonds is 5. The molecule has 2 N–H and O–H groups in total. The van der Waals surface area contributed by atoms with Crippen molar-refractivity contribution in [1.29, 1.82) is 0 Å². The van der Waals surface area contributed by atoms with Crippen molar-refractivity contribution in [2.75, 3.05) is 6.54 Å². The van der Waals surface area contributed by atoms with Gasteiger partial charge in [0.25, 0.3) is 0 Å². The Labute approximate surface area is 105 Å². The molecule has 2 fully saturated rings. The summed E-state index contributed by atoms with van der Waals surface area (Å²) in [6, 6.07) is 3.92.